The molecule has 4 N–H and O–H groups in total. The molecule has 2 unspecified atom stereocenters. The number of amides is 4. The van der Waals surface area contributed by atoms with E-state index in [1.54, 1.807) is 5.32 Å². The fourth-order valence-electron chi connectivity index (χ4n) is 1.59. The van der Waals surface area contributed by atoms with Gasteiger partial charge < -0.3 is 0 Å². The lowest BCUT2D eigenvalue weighted by Gasteiger charge is -2.02. The zero-order valence-electron chi connectivity index (χ0n) is 10.9. The van der Waals surface area contributed by atoms with Crippen LogP contribution in [-0.4, -0.2) is 70.3 Å². The van der Waals surface area contributed by atoms with E-state index in [1.165, 1.54) is 0 Å². The highest BCUT2D eigenvalue weighted by molar-refractivity contribution is 7.87. The Morgan fingerprint density at radius 2 is 1.39 bits per heavy atom. The Morgan fingerprint density at radius 1 is 0.913 bits per heavy atom. The largest absolute Gasteiger partial charge is 0.295 e. The van der Waals surface area contributed by atoms with Crippen molar-refractivity contribution in [2.45, 2.75) is 23.3 Å². The van der Waals surface area contributed by atoms with Crippen LogP contribution in [0.1, 0.15) is 12.8 Å². The van der Waals surface area contributed by atoms with Gasteiger partial charge in [-0.2, -0.15) is 21.9 Å². The molecule has 2 aliphatic heterocycles. The van der Waals surface area contributed by atoms with Gasteiger partial charge in [0.25, 0.3) is 32.1 Å². The topological polar surface area (TPSA) is 213 Å². The van der Waals surface area contributed by atoms with Crippen molar-refractivity contribution >= 4 is 43.9 Å². The molecule has 0 aromatic heterocycles. The van der Waals surface area contributed by atoms with Gasteiger partial charge in [-0.05, 0) is 0 Å². The summed E-state index contributed by atoms with van der Waals surface area (Å²) in [5.41, 5.74) is 0. The highest BCUT2D eigenvalue weighted by Gasteiger charge is 2.45. The first-order chi connectivity index (χ1) is 10.2. The maximum absolute atomic E-state index is 10.7. The van der Waals surface area contributed by atoms with Gasteiger partial charge in [0.15, 0.2) is 10.5 Å². The molecule has 130 valence electrons. The summed E-state index contributed by atoms with van der Waals surface area (Å²) in [5, 5.41) is 6.54. The van der Waals surface area contributed by atoms with E-state index in [4.69, 9.17) is 14.3 Å². The van der Waals surface area contributed by atoms with E-state index < -0.39 is 67.2 Å². The third kappa shape index (κ3) is 4.52. The predicted octanol–water partition coefficient (Wildman–Crippen LogP) is -3.32. The molecule has 13 nitrogen and oxygen atoms in total. The SMILES string of the molecule is O=C1CC(S(=O)(=O)O)C(=O)N1.O=C1CC(S(=O)(=O)O)C(=O)N1O. The van der Waals surface area contributed by atoms with E-state index in [-0.39, 0.29) is 5.06 Å². The van der Waals surface area contributed by atoms with Crippen molar-refractivity contribution in [2.75, 3.05) is 0 Å². The van der Waals surface area contributed by atoms with Crippen molar-refractivity contribution in [1.29, 1.82) is 0 Å². The Morgan fingerprint density at radius 3 is 1.57 bits per heavy atom. The van der Waals surface area contributed by atoms with E-state index in [0.29, 0.717) is 0 Å². The quantitative estimate of drug-likeness (QED) is 0.213. The zero-order valence-corrected chi connectivity index (χ0v) is 12.6. The molecule has 2 atom stereocenters. The summed E-state index contributed by atoms with van der Waals surface area (Å²) in [5.74, 6) is -4.00. The molecule has 2 rings (SSSR count). The molecule has 2 fully saturated rings. The van der Waals surface area contributed by atoms with Gasteiger partial charge >= 0.3 is 0 Å². The van der Waals surface area contributed by atoms with Crippen molar-refractivity contribution < 1.29 is 50.3 Å². The van der Waals surface area contributed by atoms with Crippen molar-refractivity contribution in [3.8, 4) is 0 Å². The summed E-state index contributed by atoms with van der Waals surface area (Å²) in [6.07, 6.45) is -1.20. The third-order valence-electron chi connectivity index (χ3n) is 2.73. The minimum absolute atomic E-state index is 0.307. The molecule has 15 heteroatoms. The van der Waals surface area contributed by atoms with Crippen LogP contribution < -0.4 is 5.32 Å². The Balaban J connectivity index is 0.000000231. The molecule has 4 amide bonds. The lowest BCUT2D eigenvalue weighted by atomic mass is 10.4. The highest BCUT2D eigenvalue weighted by Crippen LogP contribution is 2.16. The number of carbonyl (C=O) groups excluding carboxylic acids is 4. The minimum atomic E-state index is -4.59. The van der Waals surface area contributed by atoms with Gasteiger partial charge in [-0.3, -0.25) is 38.8 Å². The fraction of sp³-hybridized carbons (Fsp3) is 0.500. The molecule has 2 saturated heterocycles. The van der Waals surface area contributed by atoms with Crippen molar-refractivity contribution in [3.63, 3.8) is 0 Å². The third-order valence-corrected chi connectivity index (χ3v) is 4.91. The summed E-state index contributed by atoms with van der Waals surface area (Å²) in [7, 11) is -9.01. The number of rotatable bonds is 2. The van der Waals surface area contributed by atoms with Crippen molar-refractivity contribution in [2.24, 2.45) is 0 Å². The van der Waals surface area contributed by atoms with Crippen LogP contribution >= 0.6 is 0 Å². The van der Waals surface area contributed by atoms with E-state index in [0.717, 1.165) is 0 Å². The number of hydroxylamine groups is 2. The molecule has 23 heavy (non-hydrogen) atoms. The number of imide groups is 2. The van der Waals surface area contributed by atoms with Crippen LogP contribution in [0.15, 0.2) is 0 Å². The molecule has 0 aliphatic carbocycles. The van der Waals surface area contributed by atoms with Gasteiger partial charge in [0.1, 0.15) is 0 Å². The zero-order chi connectivity index (χ0) is 18.2. The van der Waals surface area contributed by atoms with Gasteiger partial charge in [0.05, 0.1) is 12.8 Å². The van der Waals surface area contributed by atoms with Crippen LogP contribution in [0.5, 0.6) is 0 Å². The van der Waals surface area contributed by atoms with Crippen LogP contribution in [0, 0.1) is 0 Å². The van der Waals surface area contributed by atoms with Gasteiger partial charge in [0.2, 0.25) is 11.8 Å². The molecule has 0 bridgehead atoms. The summed E-state index contributed by atoms with van der Waals surface area (Å²) < 4.78 is 58.2. The number of hydrogen-bond acceptors (Lipinski definition) is 9. The maximum atomic E-state index is 10.7. The normalized spacial score (nSPS) is 25.3. The second-order valence-electron chi connectivity index (χ2n) is 4.37. The van der Waals surface area contributed by atoms with Crippen LogP contribution in [-0.2, 0) is 39.4 Å². The average Bonchev–Trinajstić information content (AvgIpc) is 2.83. The second kappa shape index (κ2) is 6.28. The first-order valence-corrected chi connectivity index (χ1v) is 8.57. The molecule has 0 spiro atoms. The van der Waals surface area contributed by atoms with Crippen LogP contribution in [0.3, 0.4) is 0 Å². The van der Waals surface area contributed by atoms with Gasteiger partial charge in [-0.25, -0.2) is 0 Å². The summed E-state index contributed by atoms with van der Waals surface area (Å²) in [4.78, 5) is 42.2. The van der Waals surface area contributed by atoms with E-state index in [2.05, 4.69) is 0 Å². The Labute approximate surface area is 128 Å². The van der Waals surface area contributed by atoms with Crippen molar-refractivity contribution in [1.82, 2.24) is 10.4 Å². The first-order valence-electron chi connectivity index (χ1n) is 5.57. The molecular weight excluding hydrogens is 364 g/mol. The van der Waals surface area contributed by atoms with Gasteiger partial charge in [-0.15, -0.1) is 0 Å². The summed E-state index contributed by atoms with van der Waals surface area (Å²) >= 11 is 0. The molecule has 0 radical (unpaired) electrons. The lowest BCUT2D eigenvalue weighted by Crippen LogP contribution is -2.32. The van der Waals surface area contributed by atoms with Crippen LogP contribution in [0.2, 0.25) is 0 Å². The standard InChI is InChI=1S/C4H5NO6S.C4H5NO5S/c6-3-1-2(12(9,10)11)4(7)5(3)8;6-3-1-2(4(7)5-3)11(8,9)10/h2,8H,1H2,(H,9,10,11);2H,1H2,(H,5,6,7)(H,8,9,10). The second-order valence-corrected chi connectivity index (χ2v) is 7.57. The molecule has 2 aliphatic rings. The number of carbonyl (C=O) groups is 4. The molecule has 0 aromatic rings. The number of nitrogens with one attached hydrogen (secondary N) is 1. The number of hydrogen-bond donors (Lipinski definition) is 4. The molecule has 0 aromatic carbocycles. The fourth-order valence-corrected chi connectivity index (χ4v) is 2.99. The highest BCUT2D eigenvalue weighted by atomic mass is 32.2. The maximum Gasteiger partial charge on any atom is 0.277 e. The Bertz CT molecular complexity index is 768. The molecule has 0 saturated carbocycles. The van der Waals surface area contributed by atoms with E-state index in [1.807, 2.05) is 0 Å². The molecular formula is C8H10N2O11S2. The smallest absolute Gasteiger partial charge is 0.277 e. The van der Waals surface area contributed by atoms with E-state index >= 15 is 0 Å². The average molecular weight is 374 g/mol. The van der Waals surface area contributed by atoms with Crippen LogP contribution in [0.4, 0.5) is 0 Å². The molecule has 2 heterocycles. The minimum Gasteiger partial charge on any atom is -0.295 e. The van der Waals surface area contributed by atoms with Crippen LogP contribution in [0.25, 0.3) is 0 Å². The Hall–Kier alpha value is -1.94. The van der Waals surface area contributed by atoms with Gasteiger partial charge in [0, 0.05) is 0 Å². The lowest BCUT2D eigenvalue weighted by molar-refractivity contribution is -0.171. The summed E-state index contributed by atoms with van der Waals surface area (Å²) in [6.45, 7) is 0. The number of nitrogens with zero attached hydrogens (tertiary/aromatic N) is 1. The van der Waals surface area contributed by atoms with E-state index in [9.17, 15) is 36.0 Å². The van der Waals surface area contributed by atoms with Gasteiger partial charge in [-0.1, -0.05) is 0 Å². The predicted molar refractivity (Wildman–Crippen MR) is 66.7 cm³/mol. The summed E-state index contributed by atoms with van der Waals surface area (Å²) in [6, 6.07) is 0. The van der Waals surface area contributed by atoms with Crippen molar-refractivity contribution in [3.05, 3.63) is 0 Å². The Kier molecular flexibility index (Phi) is 5.22. The first kappa shape index (κ1) is 19.1. The monoisotopic (exact) mass is 374 g/mol.